The molecule has 96 valence electrons. The Bertz CT molecular complexity index is 546. The number of aromatic nitrogens is 3. The lowest BCUT2D eigenvalue weighted by Crippen LogP contribution is -2.29. The molecule has 6 heteroatoms. The molecule has 0 saturated heterocycles. The highest BCUT2D eigenvalue weighted by molar-refractivity contribution is 7.09. The number of nitrogens with zero attached hydrogens (tertiary/aromatic N) is 3. The van der Waals surface area contributed by atoms with Gasteiger partial charge in [0.15, 0.2) is 5.82 Å². The minimum absolute atomic E-state index is 0.150. The van der Waals surface area contributed by atoms with E-state index in [1.54, 1.807) is 35.3 Å². The summed E-state index contributed by atoms with van der Waals surface area (Å²) in [5, 5.41) is 5.95. The molecule has 2 rings (SSSR count). The second-order valence-corrected chi connectivity index (χ2v) is 5.19. The fraction of sp³-hybridized carbons (Fsp3) is 0.417. The van der Waals surface area contributed by atoms with Crippen LogP contribution >= 0.6 is 11.3 Å². The van der Waals surface area contributed by atoms with E-state index in [0.717, 1.165) is 10.7 Å². The van der Waals surface area contributed by atoms with E-state index in [9.17, 15) is 4.79 Å². The highest BCUT2D eigenvalue weighted by Crippen LogP contribution is 2.18. The number of rotatable bonds is 4. The van der Waals surface area contributed by atoms with Crippen LogP contribution in [0.5, 0.6) is 0 Å². The van der Waals surface area contributed by atoms with Crippen molar-refractivity contribution in [3.8, 4) is 0 Å². The number of aryl methyl sites for hydroxylation is 2. The number of carbonyl (C=O) groups is 1. The van der Waals surface area contributed by atoms with Crippen LogP contribution in [0.25, 0.3) is 0 Å². The summed E-state index contributed by atoms with van der Waals surface area (Å²) in [6, 6.07) is 0. The first kappa shape index (κ1) is 12.8. The second kappa shape index (κ2) is 5.30. The first-order valence-corrected chi connectivity index (χ1v) is 6.63. The zero-order valence-electron chi connectivity index (χ0n) is 10.7. The monoisotopic (exact) mass is 264 g/mol. The number of imidazole rings is 1. The molecule has 0 aliphatic carbocycles. The predicted octanol–water partition coefficient (Wildman–Crippen LogP) is 1.72. The van der Waals surface area contributed by atoms with Gasteiger partial charge in [-0.1, -0.05) is 6.92 Å². The molecular formula is C12H16N4OS. The Hall–Kier alpha value is -1.69. The maximum absolute atomic E-state index is 11.9. The molecule has 0 unspecified atom stereocenters. The quantitative estimate of drug-likeness (QED) is 0.914. The molecule has 1 N–H and O–H groups in total. The van der Waals surface area contributed by atoms with Gasteiger partial charge in [-0.25, -0.2) is 9.97 Å². The number of amides is 1. The van der Waals surface area contributed by atoms with Crippen LogP contribution in [0.2, 0.25) is 0 Å². The molecule has 2 aromatic heterocycles. The smallest absolute Gasteiger partial charge is 0.287 e. The van der Waals surface area contributed by atoms with Crippen molar-refractivity contribution in [2.45, 2.75) is 19.8 Å². The molecule has 2 aromatic rings. The third-order valence-electron chi connectivity index (χ3n) is 2.65. The van der Waals surface area contributed by atoms with Crippen molar-refractivity contribution in [3.05, 3.63) is 34.3 Å². The summed E-state index contributed by atoms with van der Waals surface area (Å²) in [6.07, 6.45) is 3.37. The Balaban J connectivity index is 1.92. The van der Waals surface area contributed by atoms with Crippen LogP contribution < -0.4 is 5.32 Å². The lowest BCUT2D eigenvalue weighted by atomic mass is 10.2. The van der Waals surface area contributed by atoms with E-state index in [1.165, 1.54) is 0 Å². The van der Waals surface area contributed by atoms with Gasteiger partial charge >= 0.3 is 0 Å². The van der Waals surface area contributed by atoms with Crippen molar-refractivity contribution < 1.29 is 4.79 Å². The maximum atomic E-state index is 11.9. The zero-order valence-corrected chi connectivity index (χ0v) is 11.5. The molecule has 0 saturated carbocycles. The summed E-state index contributed by atoms with van der Waals surface area (Å²) in [5.41, 5.74) is 1.03. The molecule has 0 aliphatic rings. The van der Waals surface area contributed by atoms with E-state index >= 15 is 0 Å². The minimum atomic E-state index is -0.150. The Morgan fingerprint density at radius 3 is 2.94 bits per heavy atom. The summed E-state index contributed by atoms with van der Waals surface area (Å²) in [6.45, 7) is 4.59. The molecule has 18 heavy (non-hydrogen) atoms. The normalized spacial score (nSPS) is 12.4. The third kappa shape index (κ3) is 2.76. The van der Waals surface area contributed by atoms with Crippen LogP contribution in [0.3, 0.4) is 0 Å². The van der Waals surface area contributed by atoms with Gasteiger partial charge in [-0.05, 0) is 6.92 Å². The summed E-state index contributed by atoms with van der Waals surface area (Å²) in [4.78, 5) is 20.3. The van der Waals surface area contributed by atoms with Gasteiger partial charge in [0, 0.05) is 43.0 Å². The minimum Gasteiger partial charge on any atom is -0.349 e. The number of thiazole rings is 1. The van der Waals surface area contributed by atoms with E-state index in [2.05, 4.69) is 22.2 Å². The van der Waals surface area contributed by atoms with E-state index in [0.29, 0.717) is 12.4 Å². The van der Waals surface area contributed by atoms with Gasteiger partial charge in [0.1, 0.15) is 0 Å². The van der Waals surface area contributed by atoms with E-state index in [1.807, 2.05) is 12.3 Å². The van der Waals surface area contributed by atoms with Crippen molar-refractivity contribution in [2.75, 3.05) is 6.54 Å². The van der Waals surface area contributed by atoms with Crippen molar-refractivity contribution in [2.24, 2.45) is 7.05 Å². The molecule has 1 atom stereocenters. The lowest BCUT2D eigenvalue weighted by Gasteiger charge is -2.09. The Morgan fingerprint density at radius 2 is 2.39 bits per heavy atom. The summed E-state index contributed by atoms with van der Waals surface area (Å²) < 4.78 is 1.70. The van der Waals surface area contributed by atoms with Gasteiger partial charge in [-0.2, -0.15) is 0 Å². The second-order valence-electron chi connectivity index (χ2n) is 4.30. The molecule has 1 amide bonds. The lowest BCUT2D eigenvalue weighted by molar-refractivity contribution is 0.0938. The van der Waals surface area contributed by atoms with Crippen LogP contribution in [0, 0.1) is 6.92 Å². The van der Waals surface area contributed by atoms with E-state index < -0.39 is 0 Å². The first-order valence-electron chi connectivity index (χ1n) is 5.75. The topological polar surface area (TPSA) is 59.8 Å². The summed E-state index contributed by atoms with van der Waals surface area (Å²) >= 11 is 1.63. The van der Waals surface area contributed by atoms with Gasteiger partial charge in [0.2, 0.25) is 0 Å². The fourth-order valence-electron chi connectivity index (χ4n) is 1.60. The van der Waals surface area contributed by atoms with Crippen LogP contribution in [0.1, 0.15) is 34.2 Å². The molecule has 0 fully saturated rings. The largest absolute Gasteiger partial charge is 0.349 e. The van der Waals surface area contributed by atoms with Crippen molar-refractivity contribution in [1.29, 1.82) is 0 Å². The van der Waals surface area contributed by atoms with Gasteiger partial charge in [0.05, 0.1) is 5.01 Å². The maximum Gasteiger partial charge on any atom is 0.287 e. The Morgan fingerprint density at radius 1 is 1.61 bits per heavy atom. The molecule has 0 radical (unpaired) electrons. The molecular weight excluding hydrogens is 248 g/mol. The van der Waals surface area contributed by atoms with Gasteiger partial charge in [-0.15, -0.1) is 11.3 Å². The predicted molar refractivity (Wildman–Crippen MR) is 70.8 cm³/mol. The average molecular weight is 264 g/mol. The van der Waals surface area contributed by atoms with Gasteiger partial charge in [-0.3, -0.25) is 4.79 Å². The van der Waals surface area contributed by atoms with Crippen LogP contribution in [0.15, 0.2) is 17.8 Å². The Kier molecular flexibility index (Phi) is 3.76. The number of hydrogen-bond acceptors (Lipinski definition) is 4. The summed E-state index contributed by atoms with van der Waals surface area (Å²) in [5.74, 6) is 0.494. The van der Waals surface area contributed by atoms with Crippen LogP contribution in [0.4, 0.5) is 0 Å². The zero-order chi connectivity index (χ0) is 13.1. The van der Waals surface area contributed by atoms with Crippen molar-refractivity contribution in [1.82, 2.24) is 19.9 Å². The van der Waals surface area contributed by atoms with Crippen molar-refractivity contribution in [3.63, 3.8) is 0 Å². The third-order valence-corrected chi connectivity index (χ3v) is 3.85. The molecule has 0 spiro atoms. The van der Waals surface area contributed by atoms with Crippen LogP contribution in [-0.4, -0.2) is 27.0 Å². The molecule has 0 aliphatic heterocycles. The van der Waals surface area contributed by atoms with E-state index in [-0.39, 0.29) is 11.8 Å². The van der Waals surface area contributed by atoms with Gasteiger partial charge < -0.3 is 9.88 Å². The number of hydrogen-bond donors (Lipinski definition) is 1. The highest BCUT2D eigenvalue weighted by atomic mass is 32.1. The number of carbonyl (C=O) groups excluding carboxylic acids is 1. The SMILES string of the molecule is Cc1csc([C@H](C)CNC(=O)c2nccn2C)n1. The molecule has 2 heterocycles. The van der Waals surface area contributed by atoms with Gasteiger partial charge in [0.25, 0.3) is 5.91 Å². The first-order chi connectivity index (χ1) is 8.58. The fourth-order valence-corrected chi connectivity index (χ4v) is 2.45. The standard InChI is InChI=1S/C12H16N4OS/c1-8(12-15-9(2)7-18-12)6-14-11(17)10-13-4-5-16(10)3/h4-5,7-8H,6H2,1-3H3,(H,14,17)/t8-/m1/s1. The number of nitrogens with one attached hydrogen (secondary N) is 1. The molecule has 0 bridgehead atoms. The highest BCUT2D eigenvalue weighted by Gasteiger charge is 2.14. The summed E-state index contributed by atoms with van der Waals surface area (Å²) in [7, 11) is 1.80. The van der Waals surface area contributed by atoms with E-state index in [4.69, 9.17) is 0 Å². The van der Waals surface area contributed by atoms with Crippen molar-refractivity contribution >= 4 is 17.2 Å². The van der Waals surface area contributed by atoms with Crippen LogP contribution in [-0.2, 0) is 7.05 Å². The average Bonchev–Trinajstić information content (AvgIpc) is 2.94. The Labute approximate surface area is 110 Å². The molecule has 0 aromatic carbocycles. The molecule has 5 nitrogen and oxygen atoms in total.